The van der Waals surface area contributed by atoms with Crippen molar-refractivity contribution in [2.75, 3.05) is 19.6 Å². The van der Waals surface area contributed by atoms with Gasteiger partial charge in [-0.25, -0.2) is 9.79 Å². The molecule has 23 heavy (non-hydrogen) atoms. The van der Waals surface area contributed by atoms with E-state index in [1.165, 1.54) is 5.56 Å². The predicted octanol–water partition coefficient (Wildman–Crippen LogP) is 2.72. The molecule has 0 radical (unpaired) electrons. The van der Waals surface area contributed by atoms with Gasteiger partial charge in [0, 0.05) is 19.6 Å². The number of nitrogens with zero attached hydrogens (tertiary/aromatic N) is 1. The van der Waals surface area contributed by atoms with E-state index in [1.54, 1.807) is 11.3 Å². The lowest BCUT2D eigenvalue weighted by molar-refractivity contribution is 0.0527. The van der Waals surface area contributed by atoms with Crippen LogP contribution in [0.1, 0.15) is 39.7 Å². The first-order valence-corrected chi connectivity index (χ1v) is 8.85. The molecule has 0 saturated heterocycles. The van der Waals surface area contributed by atoms with E-state index < -0.39 is 5.60 Å². The Morgan fingerprint density at radius 3 is 2.61 bits per heavy atom. The third-order valence-electron chi connectivity index (χ3n) is 2.66. The molecule has 0 spiro atoms. The van der Waals surface area contributed by atoms with Crippen molar-refractivity contribution in [3.63, 3.8) is 0 Å². The Morgan fingerprint density at radius 1 is 1.26 bits per heavy atom. The average Bonchev–Trinajstić information content (AvgIpc) is 2.95. The number of amides is 1. The van der Waals surface area contributed by atoms with Crippen molar-refractivity contribution < 1.29 is 9.53 Å². The normalized spacial score (nSPS) is 11.9. The van der Waals surface area contributed by atoms with Crippen LogP contribution in [0.15, 0.2) is 21.8 Å². The number of carbonyl (C=O) groups excluding carboxylic acids is 1. The first-order chi connectivity index (χ1) is 10.9. The highest BCUT2D eigenvalue weighted by Gasteiger charge is 2.15. The molecule has 1 amide bonds. The third kappa shape index (κ3) is 9.78. The predicted molar refractivity (Wildman–Crippen MR) is 96.0 cm³/mol. The van der Waals surface area contributed by atoms with Gasteiger partial charge in [0.15, 0.2) is 5.96 Å². The highest BCUT2D eigenvalue weighted by atomic mass is 32.1. The number of guanidine groups is 1. The molecule has 0 aliphatic carbocycles. The molecule has 0 unspecified atom stereocenters. The molecule has 6 nitrogen and oxygen atoms in total. The smallest absolute Gasteiger partial charge is 0.407 e. The summed E-state index contributed by atoms with van der Waals surface area (Å²) >= 11 is 1.67. The van der Waals surface area contributed by atoms with Gasteiger partial charge in [0.25, 0.3) is 0 Å². The molecule has 0 bridgehead atoms. The molecule has 7 heteroatoms. The van der Waals surface area contributed by atoms with Gasteiger partial charge in [-0.3, -0.25) is 0 Å². The third-order valence-corrected chi connectivity index (χ3v) is 3.39. The maximum absolute atomic E-state index is 11.5. The van der Waals surface area contributed by atoms with Crippen LogP contribution in [0.2, 0.25) is 0 Å². The van der Waals surface area contributed by atoms with Crippen molar-refractivity contribution in [2.24, 2.45) is 4.99 Å². The van der Waals surface area contributed by atoms with Crippen LogP contribution >= 0.6 is 11.3 Å². The minimum Gasteiger partial charge on any atom is -0.444 e. The van der Waals surface area contributed by atoms with Crippen LogP contribution in [0.5, 0.6) is 0 Å². The standard InChI is InChI=1S/C16H28N4O2S/c1-5-17-14(20-11-13-7-10-23-12-13)18-8-6-9-19-15(21)22-16(2,3)4/h7,10,12H,5-6,8-9,11H2,1-4H3,(H,19,21)(H2,17,18,20). The molecule has 130 valence electrons. The summed E-state index contributed by atoms with van der Waals surface area (Å²) in [6.45, 7) is 10.3. The molecule has 0 aliphatic rings. The number of carbonyl (C=O) groups is 1. The van der Waals surface area contributed by atoms with Crippen LogP contribution < -0.4 is 16.0 Å². The molecular weight excluding hydrogens is 312 g/mol. The minimum atomic E-state index is -0.463. The monoisotopic (exact) mass is 340 g/mol. The number of thiophene rings is 1. The zero-order valence-electron chi connectivity index (χ0n) is 14.4. The molecule has 0 aliphatic heterocycles. The van der Waals surface area contributed by atoms with E-state index in [9.17, 15) is 4.79 Å². The lowest BCUT2D eigenvalue weighted by Crippen LogP contribution is -2.39. The summed E-state index contributed by atoms with van der Waals surface area (Å²) in [5.74, 6) is 0.788. The zero-order chi connectivity index (χ0) is 17.1. The van der Waals surface area contributed by atoms with Crippen molar-refractivity contribution in [1.29, 1.82) is 0 Å². The van der Waals surface area contributed by atoms with E-state index in [0.29, 0.717) is 13.1 Å². The quantitative estimate of drug-likeness (QED) is 0.405. The SMILES string of the molecule is CCNC(=NCc1ccsc1)NCCCNC(=O)OC(C)(C)C. The van der Waals surface area contributed by atoms with Gasteiger partial charge in [-0.15, -0.1) is 0 Å². The molecule has 1 rings (SSSR count). The van der Waals surface area contributed by atoms with Crippen molar-refractivity contribution in [1.82, 2.24) is 16.0 Å². The maximum Gasteiger partial charge on any atom is 0.407 e. The average molecular weight is 340 g/mol. The van der Waals surface area contributed by atoms with E-state index >= 15 is 0 Å². The molecular formula is C16H28N4O2S. The second-order valence-corrected chi connectivity index (χ2v) is 6.82. The van der Waals surface area contributed by atoms with Gasteiger partial charge in [0.1, 0.15) is 5.60 Å². The van der Waals surface area contributed by atoms with Crippen LogP contribution in [0.4, 0.5) is 4.79 Å². The van der Waals surface area contributed by atoms with Gasteiger partial charge in [0.05, 0.1) is 6.54 Å². The number of hydrogen-bond acceptors (Lipinski definition) is 4. The second kappa shape index (κ2) is 10.1. The molecule has 0 fully saturated rings. The van der Waals surface area contributed by atoms with Crippen molar-refractivity contribution >= 4 is 23.4 Å². The molecule has 0 saturated carbocycles. The van der Waals surface area contributed by atoms with Gasteiger partial charge in [0.2, 0.25) is 0 Å². The summed E-state index contributed by atoms with van der Waals surface area (Å²) in [5, 5.41) is 13.3. The molecule has 1 heterocycles. The van der Waals surface area contributed by atoms with Crippen LogP contribution in [-0.4, -0.2) is 37.3 Å². The van der Waals surface area contributed by atoms with Crippen molar-refractivity contribution in [2.45, 2.75) is 46.3 Å². The summed E-state index contributed by atoms with van der Waals surface area (Å²) in [7, 11) is 0. The Hall–Kier alpha value is -1.76. The summed E-state index contributed by atoms with van der Waals surface area (Å²) in [6.07, 6.45) is 0.415. The molecule has 0 aromatic carbocycles. The fourth-order valence-corrected chi connectivity index (χ4v) is 2.35. The number of nitrogens with one attached hydrogen (secondary N) is 3. The van der Waals surface area contributed by atoms with Crippen LogP contribution in [-0.2, 0) is 11.3 Å². The van der Waals surface area contributed by atoms with Gasteiger partial charge in [-0.2, -0.15) is 11.3 Å². The van der Waals surface area contributed by atoms with Crippen molar-refractivity contribution in [3.05, 3.63) is 22.4 Å². The molecule has 3 N–H and O–H groups in total. The number of alkyl carbamates (subject to hydrolysis) is 1. The number of ether oxygens (including phenoxy) is 1. The van der Waals surface area contributed by atoms with Crippen LogP contribution in [0.25, 0.3) is 0 Å². The lowest BCUT2D eigenvalue weighted by atomic mass is 10.2. The van der Waals surface area contributed by atoms with E-state index in [4.69, 9.17) is 4.74 Å². The first-order valence-electron chi connectivity index (χ1n) is 7.91. The Kier molecular flexibility index (Phi) is 8.47. The van der Waals surface area contributed by atoms with Gasteiger partial charge >= 0.3 is 6.09 Å². The van der Waals surface area contributed by atoms with Crippen LogP contribution in [0.3, 0.4) is 0 Å². The highest BCUT2D eigenvalue weighted by molar-refractivity contribution is 7.07. The van der Waals surface area contributed by atoms with E-state index in [1.807, 2.05) is 33.1 Å². The van der Waals surface area contributed by atoms with E-state index in [2.05, 4.69) is 32.4 Å². The zero-order valence-corrected chi connectivity index (χ0v) is 15.3. The van der Waals surface area contributed by atoms with Crippen LogP contribution in [0, 0.1) is 0 Å². The topological polar surface area (TPSA) is 74.8 Å². The number of hydrogen-bond donors (Lipinski definition) is 3. The fraction of sp³-hybridized carbons (Fsp3) is 0.625. The van der Waals surface area contributed by atoms with Gasteiger partial charge in [-0.05, 0) is 56.5 Å². The molecule has 0 atom stereocenters. The highest BCUT2D eigenvalue weighted by Crippen LogP contribution is 2.07. The van der Waals surface area contributed by atoms with E-state index in [0.717, 1.165) is 25.5 Å². The lowest BCUT2D eigenvalue weighted by Gasteiger charge is -2.19. The second-order valence-electron chi connectivity index (χ2n) is 6.04. The first kappa shape index (κ1) is 19.3. The fourth-order valence-electron chi connectivity index (χ4n) is 1.69. The minimum absolute atomic E-state index is 0.379. The summed E-state index contributed by atoms with van der Waals surface area (Å²) < 4.78 is 5.18. The largest absolute Gasteiger partial charge is 0.444 e. The summed E-state index contributed by atoms with van der Waals surface area (Å²) in [5.41, 5.74) is 0.744. The summed E-state index contributed by atoms with van der Waals surface area (Å²) in [4.78, 5) is 16.0. The Bertz CT molecular complexity index is 481. The Morgan fingerprint density at radius 2 is 2.00 bits per heavy atom. The van der Waals surface area contributed by atoms with Crippen molar-refractivity contribution in [3.8, 4) is 0 Å². The number of aliphatic imine (C=N–C) groups is 1. The molecule has 1 aromatic rings. The maximum atomic E-state index is 11.5. The van der Waals surface area contributed by atoms with E-state index in [-0.39, 0.29) is 6.09 Å². The molecule has 1 aromatic heterocycles. The summed E-state index contributed by atoms with van der Waals surface area (Å²) in [6, 6.07) is 2.07. The van der Waals surface area contributed by atoms with Gasteiger partial charge < -0.3 is 20.7 Å². The Balaban J connectivity index is 2.22. The van der Waals surface area contributed by atoms with Gasteiger partial charge in [-0.1, -0.05) is 0 Å². The number of rotatable bonds is 7. The Labute approximate surface area is 142 Å².